The van der Waals surface area contributed by atoms with Gasteiger partial charge in [-0.15, -0.1) is 0 Å². The van der Waals surface area contributed by atoms with Crippen molar-refractivity contribution in [3.05, 3.63) is 23.3 Å². The van der Waals surface area contributed by atoms with Crippen LogP contribution in [0.2, 0.25) is 0 Å². The second-order valence-electron chi connectivity index (χ2n) is 3.15. The van der Waals surface area contributed by atoms with Crippen molar-refractivity contribution in [2.45, 2.75) is 0 Å². The predicted octanol–water partition coefficient (Wildman–Crippen LogP) is 0.752. The van der Waals surface area contributed by atoms with E-state index in [-0.39, 0.29) is 6.79 Å². The highest BCUT2D eigenvalue weighted by Gasteiger charge is 2.16. The molecule has 0 N–H and O–H groups in total. The van der Waals surface area contributed by atoms with Crippen molar-refractivity contribution in [2.75, 3.05) is 13.9 Å². The number of benzene rings is 1. The molecule has 17 heavy (non-hydrogen) atoms. The Kier molecular flexibility index (Phi) is 2.97. The van der Waals surface area contributed by atoms with E-state index in [4.69, 9.17) is 9.47 Å². The van der Waals surface area contributed by atoms with E-state index < -0.39 is 5.97 Å². The molecular formula is C12H8O5. The van der Waals surface area contributed by atoms with Crippen LogP contribution in [-0.4, -0.2) is 26.2 Å². The number of ether oxygens (including phenoxy) is 3. The minimum atomic E-state index is -0.667. The lowest BCUT2D eigenvalue weighted by Gasteiger charge is -1.99. The van der Waals surface area contributed by atoms with Gasteiger partial charge in [0.25, 0.3) is 0 Å². The summed E-state index contributed by atoms with van der Waals surface area (Å²) < 4.78 is 14.7. The number of methoxy groups -OCH3 is 1. The molecule has 5 heteroatoms. The molecule has 0 aliphatic carbocycles. The fraction of sp³-hybridized carbons (Fsp3) is 0.167. The minimum Gasteiger partial charge on any atom is -0.459 e. The third kappa shape index (κ3) is 2.21. The van der Waals surface area contributed by atoms with Gasteiger partial charge in [-0.2, -0.15) is 0 Å². The predicted molar refractivity (Wildman–Crippen MR) is 56.8 cm³/mol. The first kappa shape index (κ1) is 11.0. The number of hydrogen-bond acceptors (Lipinski definition) is 5. The third-order valence-corrected chi connectivity index (χ3v) is 2.16. The molecule has 5 nitrogen and oxygen atoms in total. The van der Waals surface area contributed by atoms with Crippen LogP contribution in [0.3, 0.4) is 0 Å². The molecule has 0 fully saturated rings. The van der Waals surface area contributed by atoms with Gasteiger partial charge in [0.2, 0.25) is 6.79 Å². The van der Waals surface area contributed by atoms with Crippen LogP contribution in [0.5, 0.6) is 11.5 Å². The molecule has 1 aromatic carbocycles. The lowest BCUT2D eigenvalue weighted by molar-refractivity contribution is -0.133. The Bertz CT molecular complexity index is 536. The summed E-state index contributed by atoms with van der Waals surface area (Å²) >= 11 is 0. The maximum absolute atomic E-state index is 10.9. The molecule has 1 aromatic rings. The van der Waals surface area contributed by atoms with Crippen LogP contribution in [0.25, 0.3) is 0 Å². The quantitative estimate of drug-likeness (QED) is 0.406. The van der Waals surface area contributed by atoms with Crippen molar-refractivity contribution in [3.63, 3.8) is 0 Å². The summed E-state index contributed by atoms with van der Waals surface area (Å²) in [5.41, 5.74) is 0.736. The summed E-state index contributed by atoms with van der Waals surface area (Å²) in [4.78, 5) is 21.7. The van der Waals surface area contributed by atoms with Crippen molar-refractivity contribution >= 4 is 12.3 Å². The number of carbonyl (C=O) groups excluding carboxylic acids is 2. The summed E-state index contributed by atoms with van der Waals surface area (Å²) in [7, 11) is 1.23. The monoisotopic (exact) mass is 232 g/mol. The number of hydrogen-bond donors (Lipinski definition) is 0. The zero-order chi connectivity index (χ0) is 12.3. The highest BCUT2D eigenvalue weighted by molar-refractivity contribution is 5.90. The first-order valence-corrected chi connectivity index (χ1v) is 4.73. The maximum atomic E-state index is 10.9. The van der Waals surface area contributed by atoms with E-state index in [1.807, 2.05) is 0 Å². The van der Waals surface area contributed by atoms with E-state index in [9.17, 15) is 9.59 Å². The lowest BCUT2D eigenvalue weighted by atomic mass is 10.1. The van der Waals surface area contributed by atoms with Crippen LogP contribution in [0.4, 0.5) is 0 Å². The number of carbonyl (C=O) groups is 2. The molecule has 0 spiro atoms. The molecule has 2 rings (SSSR count). The molecule has 86 valence electrons. The van der Waals surface area contributed by atoms with Crippen molar-refractivity contribution in [2.24, 2.45) is 0 Å². The maximum Gasteiger partial charge on any atom is 0.384 e. The fourth-order valence-corrected chi connectivity index (χ4v) is 1.33. The minimum absolute atomic E-state index is 0.113. The van der Waals surface area contributed by atoms with Gasteiger partial charge in [-0.1, -0.05) is 5.92 Å². The fourth-order valence-electron chi connectivity index (χ4n) is 1.33. The summed E-state index contributed by atoms with van der Waals surface area (Å²) in [5, 5.41) is 0. The van der Waals surface area contributed by atoms with Gasteiger partial charge in [-0.25, -0.2) is 4.79 Å². The number of rotatable bonds is 1. The van der Waals surface area contributed by atoms with Gasteiger partial charge in [-0.05, 0) is 6.07 Å². The van der Waals surface area contributed by atoms with Gasteiger partial charge in [-0.3, -0.25) is 4.79 Å². The van der Waals surface area contributed by atoms with Crippen molar-refractivity contribution in [1.29, 1.82) is 0 Å². The van der Waals surface area contributed by atoms with E-state index in [2.05, 4.69) is 16.6 Å². The van der Waals surface area contributed by atoms with E-state index in [1.165, 1.54) is 13.2 Å². The Labute approximate surface area is 97.3 Å². The van der Waals surface area contributed by atoms with Gasteiger partial charge in [0.1, 0.15) is 0 Å². The molecule has 0 bridgehead atoms. The molecule has 1 heterocycles. The van der Waals surface area contributed by atoms with Crippen LogP contribution in [0, 0.1) is 11.8 Å². The standard InChI is InChI=1S/C12H8O5/c1-15-12(14)3-2-8-4-10-11(17-7-16-10)5-9(8)6-13/h4-6H,7H2,1H3. The highest BCUT2D eigenvalue weighted by atomic mass is 16.7. The number of esters is 1. The van der Waals surface area contributed by atoms with Crippen molar-refractivity contribution in [3.8, 4) is 23.3 Å². The highest BCUT2D eigenvalue weighted by Crippen LogP contribution is 2.34. The van der Waals surface area contributed by atoms with Crippen LogP contribution >= 0.6 is 0 Å². The molecule has 1 aliphatic heterocycles. The average Bonchev–Trinajstić information content (AvgIpc) is 2.81. The van der Waals surface area contributed by atoms with Gasteiger partial charge in [0.05, 0.1) is 7.11 Å². The molecule has 0 unspecified atom stereocenters. The van der Waals surface area contributed by atoms with Gasteiger partial charge < -0.3 is 14.2 Å². The lowest BCUT2D eigenvalue weighted by Crippen LogP contribution is -1.95. The Morgan fingerprint density at radius 2 is 2.12 bits per heavy atom. The second-order valence-corrected chi connectivity index (χ2v) is 3.15. The topological polar surface area (TPSA) is 61.8 Å². The molecular weight excluding hydrogens is 224 g/mol. The van der Waals surface area contributed by atoms with E-state index in [0.29, 0.717) is 28.9 Å². The third-order valence-electron chi connectivity index (χ3n) is 2.16. The van der Waals surface area contributed by atoms with Crippen molar-refractivity contribution < 1.29 is 23.8 Å². The number of fused-ring (bicyclic) bond motifs is 1. The Balaban J connectivity index is 2.41. The second kappa shape index (κ2) is 4.58. The summed E-state index contributed by atoms with van der Waals surface area (Å²) in [6.45, 7) is 0.113. The smallest absolute Gasteiger partial charge is 0.384 e. The summed E-state index contributed by atoms with van der Waals surface area (Å²) in [6, 6.07) is 3.08. The van der Waals surface area contributed by atoms with Crippen LogP contribution in [0.15, 0.2) is 12.1 Å². The normalized spacial score (nSPS) is 11.4. The zero-order valence-electron chi connectivity index (χ0n) is 8.98. The van der Waals surface area contributed by atoms with E-state index >= 15 is 0 Å². The molecule has 0 amide bonds. The van der Waals surface area contributed by atoms with Gasteiger partial charge in [0.15, 0.2) is 17.8 Å². The van der Waals surface area contributed by atoms with Crippen LogP contribution in [0.1, 0.15) is 15.9 Å². The SMILES string of the molecule is COC(=O)C#Cc1cc2c(cc1C=O)OCO2. The summed E-state index contributed by atoms with van der Waals surface area (Å²) in [5.74, 6) is 5.13. The van der Waals surface area contributed by atoms with Crippen molar-refractivity contribution in [1.82, 2.24) is 0 Å². The molecule has 0 aromatic heterocycles. The van der Waals surface area contributed by atoms with E-state index in [1.54, 1.807) is 6.07 Å². The van der Waals surface area contributed by atoms with Crippen LogP contribution < -0.4 is 9.47 Å². The molecule has 0 atom stereocenters. The average molecular weight is 232 g/mol. The first-order chi connectivity index (χ1) is 8.24. The zero-order valence-corrected chi connectivity index (χ0v) is 8.98. The van der Waals surface area contributed by atoms with Gasteiger partial charge >= 0.3 is 5.97 Å². The molecule has 0 saturated carbocycles. The Morgan fingerprint density at radius 3 is 2.76 bits per heavy atom. The largest absolute Gasteiger partial charge is 0.459 e. The molecule has 1 aliphatic rings. The molecule has 0 saturated heterocycles. The van der Waals surface area contributed by atoms with Gasteiger partial charge in [0, 0.05) is 23.1 Å². The van der Waals surface area contributed by atoms with Crippen LogP contribution in [-0.2, 0) is 9.53 Å². The first-order valence-electron chi connectivity index (χ1n) is 4.73. The number of aldehydes is 1. The molecule has 0 radical (unpaired) electrons. The Hall–Kier alpha value is -2.48. The summed E-state index contributed by atoms with van der Waals surface area (Å²) in [6.07, 6.45) is 0.642. The Morgan fingerprint density at radius 1 is 1.41 bits per heavy atom. The van der Waals surface area contributed by atoms with E-state index in [0.717, 1.165) is 0 Å².